The van der Waals surface area contributed by atoms with Gasteiger partial charge in [-0.05, 0) is 72.7 Å². The van der Waals surface area contributed by atoms with Crippen LogP contribution in [0.4, 0.5) is 0 Å². The van der Waals surface area contributed by atoms with Crippen LogP contribution in [0.2, 0.25) is 0 Å². The minimum Gasteiger partial charge on any atom is -0.481 e. The highest BCUT2D eigenvalue weighted by molar-refractivity contribution is 5.94. The number of fused-ring (bicyclic) bond motifs is 1. The maximum absolute atomic E-state index is 13.3. The molecule has 4 aromatic rings. The van der Waals surface area contributed by atoms with Gasteiger partial charge in [0.2, 0.25) is 5.88 Å². The van der Waals surface area contributed by atoms with Crippen LogP contribution in [0.5, 0.6) is 5.88 Å². The Hall–Kier alpha value is -3.75. The molecule has 0 radical (unpaired) electrons. The molecule has 0 bridgehead atoms. The zero-order valence-electron chi connectivity index (χ0n) is 24.9. The van der Waals surface area contributed by atoms with E-state index in [0.717, 1.165) is 82.7 Å². The van der Waals surface area contributed by atoms with Gasteiger partial charge >= 0.3 is 0 Å². The monoisotopic (exact) mass is 566 g/mol. The van der Waals surface area contributed by atoms with E-state index in [1.165, 1.54) is 28.7 Å². The minimum absolute atomic E-state index is 0.00218. The predicted octanol–water partition coefficient (Wildman–Crippen LogP) is 5.26. The maximum atomic E-state index is 13.3. The molecule has 6 rings (SSSR count). The molecule has 0 spiro atoms. The number of carbonyl (C=O) groups excluding carboxylic acids is 1. The molecular formula is C34H42N6O2. The number of aryl methyl sites for hydroxylation is 1. The Morgan fingerprint density at radius 1 is 0.881 bits per heavy atom. The first-order valence-electron chi connectivity index (χ1n) is 15.4. The summed E-state index contributed by atoms with van der Waals surface area (Å²) in [5.41, 5.74) is 7.09. The van der Waals surface area contributed by atoms with E-state index in [9.17, 15) is 4.79 Å². The standard InChI is InChI=1S/C34H42N6O2/c1-3-4-25-5-7-26(8-6-25)23-39-17-19-40(20-18-39)34(41)33-36-30-11-10-29(21-31(30)37-33)28-13-15-38(16-14-28)24-27-9-12-32(42-2)35-22-27/h5-12,21-22,28H,3-4,13-20,23-24H2,1-2H3,(H,36,37). The molecule has 220 valence electrons. The van der Waals surface area contributed by atoms with E-state index in [4.69, 9.17) is 4.74 Å². The number of methoxy groups -OCH3 is 1. The van der Waals surface area contributed by atoms with Crippen LogP contribution in [0, 0.1) is 0 Å². The van der Waals surface area contributed by atoms with Gasteiger partial charge in [-0.1, -0.05) is 49.7 Å². The van der Waals surface area contributed by atoms with Crippen LogP contribution < -0.4 is 4.74 Å². The van der Waals surface area contributed by atoms with Crippen LogP contribution in [0.15, 0.2) is 60.8 Å². The van der Waals surface area contributed by atoms with E-state index in [1.807, 2.05) is 17.2 Å². The summed E-state index contributed by atoms with van der Waals surface area (Å²) in [7, 11) is 1.64. The lowest BCUT2D eigenvalue weighted by atomic mass is 9.89. The summed E-state index contributed by atoms with van der Waals surface area (Å²) in [5, 5.41) is 0. The molecule has 2 fully saturated rings. The summed E-state index contributed by atoms with van der Waals surface area (Å²) in [6.45, 7) is 9.36. The third kappa shape index (κ3) is 6.66. The normalized spacial score (nSPS) is 17.1. The first-order valence-corrected chi connectivity index (χ1v) is 15.4. The number of piperazine rings is 1. The number of nitrogens with one attached hydrogen (secondary N) is 1. The third-order valence-corrected chi connectivity index (χ3v) is 8.81. The van der Waals surface area contributed by atoms with E-state index in [0.29, 0.717) is 17.6 Å². The molecule has 2 saturated heterocycles. The largest absolute Gasteiger partial charge is 0.481 e. The summed E-state index contributed by atoms with van der Waals surface area (Å²) < 4.78 is 5.17. The number of H-pyrrole nitrogens is 1. The molecule has 4 heterocycles. The number of nitrogens with zero attached hydrogens (tertiary/aromatic N) is 5. The number of likely N-dealkylation sites (tertiary alicyclic amines) is 1. The fraction of sp³-hybridized carbons (Fsp3) is 0.441. The Balaban J connectivity index is 1.01. The highest BCUT2D eigenvalue weighted by Crippen LogP contribution is 2.30. The van der Waals surface area contributed by atoms with E-state index in [-0.39, 0.29) is 5.91 Å². The SMILES string of the molecule is CCCc1ccc(CN2CCN(C(=O)c3nc4ccc(C5CCN(Cc6ccc(OC)nc6)CC5)cc4[nH]3)CC2)cc1. The van der Waals surface area contributed by atoms with E-state index < -0.39 is 0 Å². The lowest BCUT2D eigenvalue weighted by molar-refractivity contribution is 0.0618. The lowest BCUT2D eigenvalue weighted by Gasteiger charge is -2.34. The molecule has 0 aliphatic carbocycles. The number of benzene rings is 2. The van der Waals surface area contributed by atoms with Crippen molar-refractivity contribution in [3.05, 3.63) is 88.9 Å². The van der Waals surface area contributed by atoms with Gasteiger partial charge in [0.05, 0.1) is 18.1 Å². The number of amides is 1. The first-order chi connectivity index (χ1) is 20.6. The van der Waals surface area contributed by atoms with Gasteiger partial charge in [-0.15, -0.1) is 0 Å². The van der Waals surface area contributed by atoms with Crippen molar-refractivity contribution in [1.82, 2.24) is 29.7 Å². The number of hydrogen-bond donors (Lipinski definition) is 1. The predicted molar refractivity (Wildman–Crippen MR) is 166 cm³/mol. The minimum atomic E-state index is -0.00218. The Morgan fingerprint density at radius 2 is 1.57 bits per heavy atom. The fourth-order valence-corrected chi connectivity index (χ4v) is 6.31. The Kier molecular flexibility index (Phi) is 8.81. The van der Waals surface area contributed by atoms with E-state index in [1.54, 1.807) is 7.11 Å². The van der Waals surface area contributed by atoms with Crippen LogP contribution in [0.1, 0.15) is 65.0 Å². The molecule has 0 atom stereocenters. The van der Waals surface area contributed by atoms with Crippen molar-refractivity contribution in [2.45, 2.75) is 51.6 Å². The average molecular weight is 567 g/mol. The quantitative estimate of drug-likeness (QED) is 0.298. The lowest BCUT2D eigenvalue weighted by Crippen LogP contribution is -2.48. The van der Waals surface area contributed by atoms with Crippen molar-refractivity contribution < 1.29 is 9.53 Å². The number of piperidine rings is 1. The van der Waals surface area contributed by atoms with Crippen molar-refractivity contribution in [3.8, 4) is 5.88 Å². The van der Waals surface area contributed by atoms with E-state index >= 15 is 0 Å². The van der Waals surface area contributed by atoms with Gasteiger partial charge < -0.3 is 14.6 Å². The van der Waals surface area contributed by atoms with Crippen molar-refractivity contribution >= 4 is 16.9 Å². The van der Waals surface area contributed by atoms with Gasteiger partial charge in [0.15, 0.2) is 5.82 Å². The van der Waals surface area contributed by atoms with Crippen LogP contribution in [0.25, 0.3) is 11.0 Å². The Morgan fingerprint density at radius 3 is 2.26 bits per heavy atom. The zero-order valence-corrected chi connectivity index (χ0v) is 24.9. The molecule has 2 aromatic heterocycles. The molecule has 1 amide bonds. The molecule has 2 aliphatic rings. The van der Waals surface area contributed by atoms with Crippen LogP contribution in [0.3, 0.4) is 0 Å². The third-order valence-electron chi connectivity index (χ3n) is 8.81. The van der Waals surface area contributed by atoms with Gasteiger partial charge in [-0.25, -0.2) is 9.97 Å². The van der Waals surface area contributed by atoms with Gasteiger partial charge in [-0.3, -0.25) is 14.6 Å². The molecule has 2 aromatic carbocycles. The number of ether oxygens (including phenoxy) is 1. The van der Waals surface area contributed by atoms with E-state index in [2.05, 4.69) is 80.2 Å². The summed E-state index contributed by atoms with van der Waals surface area (Å²) in [5.74, 6) is 1.61. The average Bonchev–Trinajstić information content (AvgIpc) is 3.47. The smallest absolute Gasteiger partial charge is 0.289 e. The number of pyridine rings is 1. The second kappa shape index (κ2) is 13.0. The summed E-state index contributed by atoms with van der Waals surface area (Å²) in [6.07, 6.45) is 6.44. The van der Waals surface area contributed by atoms with Crippen LogP contribution in [-0.4, -0.2) is 81.9 Å². The molecular weight excluding hydrogens is 524 g/mol. The second-order valence-corrected chi connectivity index (χ2v) is 11.8. The molecule has 2 aliphatic heterocycles. The highest BCUT2D eigenvalue weighted by atomic mass is 16.5. The molecule has 0 saturated carbocycles. The van der Waals surface area contributed by atoms with Crippen LogP contribution in [-0.2, 0) is 19.5 Å². The molecule has 42 heavy (non-hydrogen) atoms. The highest BCUT2D eigenvalue weighted by Gasteiger charge is 2.25. The topological polar surface area (TPSA) is 77.6 Å². The number of hydrogen-bond acceptors (Lipinski definition) is 6. The fourth-order valence-electron chi connectivity index (χ4n) is 6.31. The number of imidazole rings is 1. The van der Waals surface area contributed by atoms with Gasteiger partial charge in [0.25, 0.3) is 5.91 Å². The summed E-state index contributed by atoms with van der Waals surface area (Å²) in [4.78, 5) is 32.6. The molecule has 8 heteroatoms. The molecule has 8 nitrogen and oxygen atoms in total. The van der Waals surface area contributed by atoms with Gasteiger partial charge in [0, 0.05) is 51.5 Å². The van der Waals surface area contributed by atoms with Crippen molar-refractivity contribution in [3.63, 3.8) is 0 Å². The van der Waals surface area contributed by atoms with Crippen molar-refractivity contribution in [1.29, 1.82) is 0 Å². The van der Waals surface area contributed by atoms with Gasteiger partial charge in [0.1, 0.15) is 0 Å². The Labute approximate surface area is 248 Å². The number of rotatable bonds is 9. The van der Waals surface area contributed by atoms with Gasteiger partial charge in [-0.2, -0.15) is 0 Å². The second-order valence-electron chi connectivity index (χ2n) is 11.8. The molecule has 0 unspecified atom stereocenters. The Bertz CT molecular complexity index is 1470. The maximum Gasteiger partial charge on any atom is 0.289 e. The van der Waals surface area contributed by atoms with Crippen molar-refractivity contribution in [2.24, 2.45) is 0 Å². The van der Waals surface area contributed by atoms with Crippen LogP contribution >= 0.6 is 0 Å². The number of aromatic amines is 1. The van der Waals surface area contributed by atoms with Crippen molar-refractivity contribution in [2.75, 3.05) is 46.4 Å². The molecule has 1 N–H and O–H groups in total. The summed E-state index contributed by atoms with van der Waals surface area (Å²) >= 11 is 0. The number of aromatic nitrogens is 3. The summed E-state index contributed by atoms with van der Waals surface area (Å²) in [6, 6.07) is 19.5. The zero-order chi connectivity index (χ0) is 28.9. The first kappa shape index (κ1) is 28.4. The number of carbonyl (C=O) groups is 1.